The third-order valence-electron chi connectivity index (χ3n) is 4.38. The quantitative estimate of drug-likeness (QED) is 0.521. The zero-order valence-electron chi connectivity index (χ0n) is 15.4. The number of rotatable bonds is 5. The number of sulfone groups is 1. The monoisotopic (exact) mass is 407 g/mol. The van der Waals surface area contributed by atoms with Crippen LogP contribution in [-0.2, 0) is 9.84 Å². The highest BCUT2D eigenvalue weighted by molar-refractivity contribution is 7.91. The number of nitrogens with zero attached hydrogens (tertiary/aromatic N) is 1. The molecule has 0 aliphatic carbocycles. The van der Waals surface area contributed by atoms with Crippen molar-refractivity contribution in [2.75, 3.05) is 7.11 Å². The number of hydrogen-bond acceptors (Lipinski definition) is 6. The molecule has 29 heavy (non-hydrogen) atoms. The highest BCUT2D eigenvalue weighted by atomic mass is 32.2. The van der Waals surface area contributed by atoms with Gasteiger partial charge in [-0.25, -0.2) is 13.4 Å². The number of benzene rings is 3. The van der Waals surface area contributed by atoms with E-state index in [4.69, 9.17) is 9.47 Å². The van der Waals surface area contributed by atoms with Crippen LogP contribution in [0.3, 0.4) is 0 Å². The molecule has 0 bridgehead atoms. The SMILES string of the molecule is COc1cc(Oc2ccc(S(=O)(=O)c3ccc(O)cc3)cc2)nc2ccccc12. The summed E-state index contributed by atoms with van der Waals surface area (Å²) in [5.74, 6) is 1.43. The van der Waals surface area contributed by atoms with Crippen molar-refractivity contribution in [3.8, 4) is 23.1 Å². The van der Waals surface area contributed by atoms with Gasteiger partial charge in [0.1, 0.15) is 17.2 Å². The lowest BCUT2D eigenvalue weighted by molar-refractivity contribution is 0.411. The van der Waals surface area contributed by atoms with Crippen molar-refractivity contribution in [3.05, 3.63) is 78.9 Å². The number of hydrogen-bond donors (Lipinski definition) is 1. The maximum Gasteiger partial charge on any atom is 0.223 e. The van der Waals surface area contributed by atoms with Gasteiger partial charge < -0.3 is 14.6 Å². The molecule has 0 fully saturated rings. The Morgan fingerprint density at radius 1 is 0.862 bits per heavy atom. The molecule has 1 aromatic heterocycles. The van der Waals surface area contributed by atoms with Gasteiger partial charge in [-0.05, 0) is 60.7 Å². The minimum atomic E-state index is -3.69. The Morgan fingerprint density at radius 3 is 2.14 bits per heavy atom. The highest BCUT2D eigenvalue weighted by Crippen LogP contribution is 2.31. The maximum atomic E-state index is 12.7. The van der Waals surface area contributed by atoms with Crippen molar-refractivity contribution < 1.29 is 23.0 Å². The van der Waals surface area contributed by atoms with Gasteiger partial charge in [-0.2, -0.15) is 0 Å². The molecule has 0 spiro atoms. The van der Waals surface area contributed by atoms with E-state index in [1.807, 2.05) is 24.3 Å². The lowest BCUT2D eigenvalue weighted by Gasteiger charge is -2.10. The Balaban J connectivity index is 1.62. The summed E-state index contributed by atoms with van der Waals surface area (Å²) < 4.78 is 36.6. The first kappa shape index (κ1) is 18.8. The van der Waals surface area contributed by atoms with E-state index in [2.05, 4.69) is 4.98 Å². The third-order valence-corrected chi connectivity index (χ3v) is 6.16. The zero-order chi connectivity index (χ0) is 20.4. The molecule has 4 rings (SSSR count). The number of pyridine rings is 1. The third kappa shape index (κ3) is 3.72. The average Bonchev–Trinajstić information content (AvgIpc) is 2.74. The summed E-state index contributed by atoms with van der Waals surface area (Å²) in [7, 11) is -2.11. The molecule has 0 unspecified atom stereocenters. The number of aromatic hydroxyl groups is 1. The van der Waals surface area contributed by atoms with E-state index in [-0.39, 0.29) is 15.5 Å². The Hall–Kier alpha value is -3.58. The fraction of sp³-hybridized carbons (Fsp3) is 0.0455. The molecule has 0 saturated carbocycles. The van der Waals surface area contributed by atoms with E-state index >= 15 is 0 Å². The molecule has 6 nitrogen and oxygen atoms in total. The molecule has 3 aromatic carbocycles. The standard InChI is InChI=1S/C22H17NO5S/c1-27-21-14-22(23-20-5-3-2-4-19(20)21)28-16-8-12-18(13-9-16)29(25,26)17-10-6-15(24)7-11-17/h2-14,24H,1H3. The average molecular weight is 407 g/mol. The summed E-state index contributed by atoms with van der Waals surface area (Å²) in [6.07, 6.45) is 0. The lowest BCUT2D eigenvalue weighted by atomic mass is 10.2. The topological polar surface area (TPSA) is 85.7 Å². The fourth-order valence-electron chi connectivity index (χ4n) is 2.91. The number of aromatic nitrogens is 1. The smallest absolute Gasteiger partial charge is 0.223 e. The van der Waals surface area contributed by atoms with Crippen molar-refractivity contribution in [3.63, 3.8) is 0 Å². The Labute approximate surface area is 167 Å². The van der Waals surface area contributed by atoms with Gasteiger partial charge in [-0.1, -0.05) is 12.1 Å². The van der Waals surface area contributed by atoms with Crippen LogP contribution in [0.4, 0.5) is 0 Å². The molecule has 1 N–H and O–H groups in total. The maximum absolute atomic E-state index is 12.7. The second kappa shape index (κ2) is 7.44. The van der Waals surface area contributed by atoms with Crippen LogP contribution < -0.4 is 9.47 Å². The summed E-state index contributed by atoms with van der Waals surface area (Å²) in [6, 6.07) is 20.7. The molecule has 0 radical (unpaired) electrons. The Kier molecular flexibility index (Phi) is 4.82. The summed E-state index contributed by atoms with van der Waals surface area (Å²) in [5, 5.41) is 10.2. The molecular formula is C22H17NO5S. The fourth-order valence-corrected chi connectivity index (χ4v) is 4.17. The van der Waals surface area contributed by atoms with Crippen LogP contribution in [0.1, 0.15) is 0 Å². The van der Waals surface area contributed by atoms with Gasteiger partial charge in [0.05, 0.1) is 22.4 Å². The van der Waals surface area contributed by atoms with E-state index in [1.165, 1.54) is 36.4 Å². The predicted octanol–water partition coefficient (Wildman–Crippen LogP) is 4.57. The van der Waals surface area contributed by atoms with Crippen LogP contribution in [-0.4, -0.2) is 25.6 Å². The second-order valence-corrected chi connectivity index (χ2v) is 8.20. The number of phenols is 1. The van der Waals surface area contributed by atoms with Gasteiger partial charge in [0.25, 0.3) is 0 Å². The lowest BCUT2D eigenvalue weighted by Crippen LogP contribution is -2.01. The first-order valence-electron chi connectivity index (χ1n) is 8.73. The van der Waals surface area contributed by atoms with Crippen LogP contribution in [0.25, 0.3) is 10.9 Å². The number of fused-ring (bicyclic) bond motifs is 1. The first-order chi connectivity index (χ1) is 14.0. The number of para-hydroxylation sites is 1. The van der Waals surface area contributed by atoms with Gasteiger partial charge in [-0.15, -0.1) is 0 Å². The summed E-state index contributed by atoms with van der Waals surface area (Å²) in [4.78, 5) is 4.69. The minimum Gasteiger partial charge on any atom is -0.508 e. The van der Waals surface area contributed by atoms with Crippen molar-refractivity contribution in [2.45, 2.75) is 9.79 Å². The number of phenolic OH excluding ortho intramolecular Hbond substituents is 1. The van der Waals surface area contributed by atoms with Gasteiger partial charge in [-0.3, -0.25) is 0 Å². The Morgan fingerprint density at radius 2 is 1.48 bits per heavy atom. The highest BCUT2D eigenvalue weighted by Gasteiger charge is 2.17. The van der Waals surface area contributed by atoms with Crippen LogP contribution in [0.15, 0.2) is 88.7 Å². The van der Waals surface area contributed by atoms with Crippen molar-refractivity contribution in [1.82, 2.24) is 4.98 Å². The predicted molar refractivity (Wildman–Crippen MR) is 108 cm³/mol. The second-order valence-electron chi connectivity index (χ2n) is 6.25. The van der Waals surface area contributed by atoms with E-state index in [0.29, 0.717) is 17.4 Å². The van der Waals surface area contributed by atoms with Gasteiger partial charge >= 0.3 is 0 Å². The van der Waals surface area contributed by atoms with E-state index in [0.717, 1.165) is 10.9 Å². The van der Waals surface area contributed by atoms with Gasteiger partial charge in [0.15, 0.2) is 0 Å². The molecule has 146 valence electrons. The van der Waals surface area contributed by atoms with E-state index in [1.54, 1.807) is 25.3 Å². The Bertz CT molecular complexity index is 1270. The molecule has 1 heterocycles. The molecule has 0 atom stereocenters. The van der Waals surface area contributed by atoms with Gasteiger partial charge in [0.2, 0.25) is 15.7 Å². The van der Waals surface area contributed by atoms with Crippen LogP contribution in [0, 0.1) is 0 Å². The molecule has 0 aliphatic rings. The van der Waals surface area contributed by atoms with Gasteiger partial charge in [0, 0.05) is 11.5 Å². The summed E-state index contributed by atoms with van der Waals surface area (Å²) in [5.41, 5.74) is 0.730. The molecule has 0 aliphatic heterocycles. The molecule has 4 aromatic rings. The molecule has 0 amide bonds. The molecule has 0 saturated heterocycles. The minimum absolute atomic E-state index is 0.00557. The van der Waals surface area contributed by atoms with E-state index in [9.17, 15) is 13.5 Å². The largest absolute Gasteiger partial charge is 0.508 e. The summed E-state index contributed by atoms with van der Waals surface area (Å²) in [6.45, 7) is 0. The van der Waals surface area contributed by atoms with Crippen LogP contribution >= 0.6 is 0 Å². The van der Waals surface area contributed by atoms with Crippen molar-refractivity contribution in [1.29, 1.82) is 0 Å². The summed E-state index contributed by atoms with van der Waals surface area (Å²) >= 11 is 0. The number of ether oxygens (including phenoxy) is 2. The molecule has 7 heteroatoms. The van der Waals surface area contributed by atoms with E-state index < -0.39 is 9.84 Å². The first-order valence-corrected chi connectivity index (χ1v) is 10.2. The normalized spacial score (nSPS) is 11.3. The van der Waals surface area contributed by atoms with Crippen LogP contribution in [0.2, 0.25) is 0 Å². The van der Waals surface area contributed by atoms with Crippen molar-refractivity contribution in [2.24, 2.45) is 0 Å². The van der Waals surface area contributed by atoms with Crippen molar-refractivity contribution >= 4 is 20.7 Å². The van der Waals surface area contributed by atoms with Crippen LogP contribution in [0.5, 0.6) is 23.1 Å². The zero-order valence-corrected chi connectivity index (χ0v) is 16.3. The number of methoxy groups -OCH3 is 1. The molecular weight excluding hydrogens is 390 g/mol.